The average Bonchev–Trinajstić information content (AvgIpc) is 2.47. The van der Waals surface area contributed by atoms with Crippen molar-refractivity contribution in [2.24, 2.45) is 0 Å². The quantitative estimate of drug-likeness (QED) is 0.867. The number of hydrogen-bond donors (Lipinski definition) is 1. The summed E-state index contributed by atoms with van der Waals surface area (Å²) in [7, 11) is 1.68. The Kier molecular flexibility index (Phi) is 5.92. The summed E-state index contributed by atoms with van der Waals surface area (Å²) in [6.07, 6.45) is 1.12. The highest BCUT2D eigenvalue weighted by atomic mass is 19.1. The van der Waals surface area contributed by atoms with Gasteiger partial charge in [-0.1, -0.05) is 18.8 Å². The summed E-state index contributed by atoms with van der Waals surface area (Å²) < 4.78 is 13.9. The largest absolute Gasteiger partial charge is 0.395 e. The molecule has 21 heavy (non-hydrogen) atoms. The van der Waals surface area contributed by atoms with Crippen molar-refractivity contribution in [1.29, 1.82) is 0 Å². The van der Waals surface area contributed by atoms with Crippen LogP contribution < -0.4 is 0 Å². The Balaban J connectivity index is 3.10. The molecule has 3 nitrogen and oxygen atoms in total. The van der Waals surface area contributed by atoms with E-state index in [0.717, 1.165) is 6.42 Å². The minimum atomic E-state index is -0.550. The van der Waals surface area contributed by atoms with Gasteiger partial charge in [0.15, 0.2) is 0 Å². The second-order valence-corrected chi connectivity index (χ2v) is 5.50. The predicted octanol–water partition coefficient (Wildman–Crippen LogP) is 2.82. The van der Waals surface area contributed by atoms with Crippen molar-refractivity contribution in [3.8, 4) is 11.8 Å². The van der Waals surface area contributed by atoms with Crippen molar-refractivity contribution < 1.29 is 14.3 Å². The third-order valence-corrected chi connectivity index (χ3v) is 3.74. The maximum atomic E-state index is 13.9. The van der Waals surface area contributed by atoms with Crippen molar-refractivity contribution in [3.63, 3.8) is 0 Å². The Morgan fingerprint density at radius 3 is 2.67 bits per heavy atom. The number of aliphatic hydroxyl groups is 1. The molecule has 0 bridgehead atoms. The first kappa shape index (κ1) is 17.2. The van der Waals surface area contributed by atoms with E-state index in [1.165, 1.54) is 18.2 Å². The number of aliphatic hydroxyl groups excluding tert-OH is 1. The predicted molar refractivity (Wildman–Crippen MR) is 81.4 cm³/mol. The van der Waals surface area contributed by atoms with Crippen LogP contribution in [0.2, 0.25) is 0 Å². The standard InChI is InChI=1S/C17H22FNO2/c1-5-17(2,3)19(4)16(21)14-12-13(8-6-7-11-20)9-10-15(14)18/h9-10,12,20H,5,7,11H2,1-4H3. The van der Waals surface area contributed by atoms with Crippen molar-refractivity contribution >= 4 is 5.91 Å². The topological polar surface area (TPSA) is 40.5 Å². The molecule has 0 aliphatic rings. The molecule has 0 heterocycles. The van der Waals surface area contributed by atoms with Gasteiger partial charge < -0.3 is 10.0 Å². The maximum absolute atomic E-state index is 13.9. The fourth-order valence-electron chi connectivity index (χ4n) is 1.68. The monoisotopic (exact) mass is 291 g/mol. The van der Waals surface area contributed by atoms with E-state index in [0.29, 0.717) is 12.0 Å². The molecule has 4 heteroatoms. The SMILES string of the molecule is CCC(C)(C)N(C)C(=O)c1cc(C#CCCO)ccc1F. The molecule has 1 N–H and O–H groups in total. The van der Waals surface area contributed by atoms with E-state index < -0.39 is 5.82 Å². The second kappa shape index (κ2) is 7.24. The Morgan fingerprint density at radius 2 is 2.10 bits per heavy atom. The lowest BCUT2D eigenvalue weighted by molar-refractivity contribution is 0.0615. The molecule has 1 rings (SSSR count). The fourth-order valence-corrected chi connectivity index (χ4v) is 1.68. The molecular weight excluding hydrogens is 269 g/mol. The van der Waals surface area contributed by atoms with Crippen LogP contribution in [0.4, 0.5) is 4.39 Å². The molecule has 0 atom stereocenters. The summed E-state index contributed by atoms with van der Waals surface area (Å²) in [5, 5.41) is 8.70. The van der Waals surface area contributed by atoms with E-state index in [1.54, 1.807) is 11.9 Å². The maximum Gasteiger partial charge on any atom is 0.257 e. The van der Waals surface area contributed by atoms with Gasteiger partial charge in [-0.15, -0.1) is 0 Å². The molecular formula is C17H22FNO2. The fraction of sp³-hybridized carbons (Fsp3) is 0.471. The summed E-state index contributed by atoms with van der Waals surface area (Å²) in [6.45, 7) is 5.84. The molecule has 114 valence electrons. The molecule has 1 amide bonds. The Hall–Kier alpha value is -1.86. The zero-order valence-electron chi connectivity index (χ0n) is 13.0. The van der Waals surface area contributed by atoms with Gasteiger partial charge in [0.1, 0.15) is 5.82 Å². The third kappa shape index (κ3) is 4.30. The lowest BCUT2D eigenvalue weighted by Gasteiger charge is -2.35. The van der Waals surface area contributed by atoms with Gasteiger partial charge in [-0.25, -0.2) is 4.39 Å². The number of amides is 1. The minimum Gasteiger partial charge on any atom is -0.395 e. The second-order valence-electron chi connectivity index (χ2n) is 5.50. The van der Waals surface area contributed by atoms with Crippen LogP contribution in [0.3, 0.4) is 0 Å². The van der Waals surface area contributed by atoms with Gasteiger partial charge in [-0.2, -0.15) is 0 Å². The van der Waals surface area contributed by atoms with Gasteiger partial charge in [-0.3, -0.25) is 4.79 Å². The van der Waals surface area contributed by atoms with E-state index in [-0.39, 0.29) is 23.6 Å². The molecule has 0 spiro atoms. The molecule has 1 aromatic rings. The van der Waals surface area contributed by atoms with E-state index in [1.807, 2.05) is 20.8 Å². The lowest BCUT2D eigenvalue weighted by Crippen LogP contribution is -2.44. The smallest absolute Gasteiger partial charge is 0.257 e. The molecule has 0 unspecified atom stereocenters. The minimum absolute atomic E-state index is 0.0204. The van der Waals surface area contributed by atoms with Crippen LogP contribution in [0.15, 0.2) is 18.2 Å². The van der Waals surface area contributed by atoms with Crippen molar-refractivity contribution in [2.75, 3.05) is 13.7 Å². The molecule has 0 aromatic heterocycles. The lowest BCUT2D eigenvalue weighted by atomic mass is 9.98. The van der Waals surface area contributed by atoms with E-state index in [2.05, 4.69) is 11.8 Å². The molecule has 1 aromatic carbocycles. The number of halogens is 1. The number of carbonyl (C=O) groups excluding carboxylic acids is 1. The highest BCUT2D eigenvalue weighted by Gasteiger charge is 2.28. The van der Waals surface area contributed by atoms with E-state index in [9.17, 15) is 9.18 Å². The zero-order chi connectivity index (χ0) is 16.0. The summed E-state index contributed by atoms with van der Waals surface area (Å²) in [4.78, 5) is 14.0. The van der Waals surface area contributed by atoms with Crippen LogP contribution in [0, 0.1) is 17.7 Å². The molecule has 0 aliphatic carbocycles. The van der Waals surface area contributed by atoms with E-state index in [4.69, 9.17) is 5.11 Å². The van der Waals surface area contributed by atoms with Crippen molar-refractivity contribution in [1.82, 2.24) is 4.90 Å². The Bertz CT molecular complexity index is 570. The summed E-state index contributed by atoms with van der Waals surface area (Å²) in [5.41, 5.74) is 0.243. The first-order chi connectivity index (χ1) is 9.83. The van der Waals surface area contributed by atoms with Gasteiger partial charge in [0.05, 0.1) is 12.2 Å². The van der Waals surface area contributed by atoms with Crippen LogP contribution in [-0.2, 0) is 0 Å². The Labute approximate surface area is 125 Å². The number of carbonyl (C=O) groups is 1. The highest BCUT2D eigenvalue weighted by Crippen LogP contribution is 2.21. The zero-order valence-corrected chi connectivity index (χ0v) is 13.0. The normalized spacial score (nSPS) is 10.8. The van der Waals surface area contributed by atoms with Crippen LogP contribution >= 0.6 is 0 Å². The first-order valence-electron chi connectivity index (χ1n) is 7.01. The molecule has 0 saturated carbocycles. The van der Waals surface area contributed by atoms with Gasteiger partial charge in [-0.05, 0) is 38.5 Å². The van der Waals surface area contributed by atoms with Crippen LogP contribution in [0.1, 0.15) is 49.5 Å². The van der Waals surface area contributed by atoms with Crippen LogP contribution in [-0.4, -0.2) is 35.1 Å². The van der Waals surface area contributed by atoms with Crippen molar-refractivity contribution in [2.45, 2.75) is 39.2 Å². The van der Waals surface area contributed by atoms with Gasteiger partial charge in [0.25, 0.3) is 5.91 Å². The number of rotatable bonds is 4. The number of benzene rings is 1. The highest BCUT2D eigenvalue weighted by molar-refractivity contribution is 5.95. The summed E-state index contributed by atoms with van der Waals surface area (Å²) in [6, 6.07) is 4.24. The molecule has 0 radical (unpaired) electrons. The molecule has 0 saturated heterocycles. The van der Waals surface area contributed by atoms with Crippen molar-refractivity contribution in [3.05, 3.63) is 35.1 Å². The van der Waals surface area contributed by atoms with Crippen LogP contribution in [0.25, 0.3) is 0 Å². The first-order valence-corrected chi connectivity index (χ1v) is 7.01. The molecule has 0 aliphatic heterocycles. The van der Waals surface area contributed by atoms with Crippen LogP contribution in [0.5, 0.6) is 0 Å². The van der Waals surface area contributed by atoms with Gasteiger partial charge in [0, 0.05) is 24.6 Å². The average molecular weight is 291 g/mol. The van der Waals surface area contributed by atoms with Gasteiger partial charge >= 0.3 is 0 Å². The third-order valence-electron chi connectivity index (χ3n) is 3.74. The number of nitrogens with zero attached hydrogens (tertiary/aromatic N) is 1. The summed E-state index contributed by atoms with van der Waals surface area (Å²) in [5.74, 6) is 4.67. The molecule has 0 fully saturated rings. The Morgan fingerprint density at radius 1 is 1.43 bits per heavy atom. The number of hydrogen-bond acceptors (Lipinski definition) is 2. The van der Waals surface area contributed by atoms with E-state index >= 15 is 0 Å². The van der Waals surface area contributed by atoms with Gasteiger partial charge in [0.2, 0.25) is 0 Å². The summed E-state index contributed by atoms with van der Waals surface area (Å²) >= 11 is 0.